The number of nitrogens with zero attached hydrogens (tertiary/aromatic N) is 1. The van der Waals surface area contributed by atoms with Gasteiger partial charge in [0, 0.05) is 0 Å². The molecule has 0 aromatic heterocycles. The number of halogens is 1. The molecule has 80 valence electrons. The second-order valence-electron chi connectivity index (χ2n) is 2.73. The smallest absolute Gasteiger partial charge is 0.327 e. The standard InChI is InChI=1S/C10H10N2O2.ClH/c1-14-10(13)9(12)8-4-2-7(6-11)3-5-8;/h2-5,9H,12H2,1H3;1H/t9-;/m0./s1. The minimum atomic E-state index is -0.784. The number of carbonyl (C=O) groups is 1. The topological polar surface area (TPSA) is 76.1 Å². The molecule has 0 bridgehead atoms. The first-order valence-corrected chi connectivity index (χ1v) is 4.02. The van der Waals surface area contributed by atoms with Crippen LogP contribution in [0.1, 0.15) is 17.2 Å². The number of hydrogen-bond acceptors (Lipinski definition) is 4. The van der Waals surface area contributed by atoms with Crippen LogP contribution >= 0.6 is 12.4 Å². The fourth-order valence-corrected chi connectivity index (χ4v) is 1.03. The van der Waals surface area contributed by atoms with Gasteiger partial charge in [-0.25, -0.2) is 0 Å². The van der Waals surface area contributed by atoms with Crippen LogP contribution in [0.2, 0.25) is 0 Å². The first-order chi connectivity index (χ1) is 6.69. The Hall–Kier alpha value is -1.57. The summed E-state index contributed by atoms with van der Waals surface area (Å²) in [6, 6.07) is 7.69. The van der Waals surface area contributed by atoms with Gasteiger partial charge in [-0.15, -0.1) is 12.4 Å². The lowest BCUT2D eigenvalue weighted by molar-refractivity contribution is -0.142. The van der Waals surface area contributed by atoms with E-state index >= 15 is 0 Å². The minimum absolute atomic E-state index is 0. The number of esters is 1. The van der Waals surface area contributed by atoms with Crippen molar-refractivity contribution >= 4 is 18.4 Å². The molecule has 0 saturated carbocycles. The van der Waals surface area contributed by atoms with Crippen molar-refractivity contribution in [3.8, 4) is 6.07 Å². The van der Waals surface area contributed by atoms with Crippen LogP contribution in [0.4, 0.5) is 0 Å². The second kappa shape index (κ2) is 6.02. The van der Waals surface area contributed by atoms with E-state index in [-0.39, 0.29) is 12.4 Å². The number of benzene rings is 1. The van der Waals surface area contributed by atoms with Crippen molar-refractivity contribution in [1.82, 2.24) is 0 Å². The van der Waals surface area contributed by atoms with Crippen LogP contribution in [-0.2, 0) is 9.53 Å². The molecule has 1 aromatic carbocycles. The molecular weight excluding hydrogens is 216 g/mol. The highest BCUT2D eigenvalue weighted by molar-refractivity contribution is 5.85. The molecule has 0 aliphatic heterocycles. The van der Waals surface area contributed by atoms with E-state index in [4.69, 9.17) is 11.0 Å². The van der Waals surface area contributed by atoms with Gasteiger partial charge in [0.25, 0.3) is 0 Å². The molecule has 1 rings (SSSR count). The van der Waals surface area contributed by atoms with E-state index in [0.29, 0.717) is 11.1 Å². The first-order valence-electron chi connectivity index (χ1n) is 4.02. The number of methoxy groups -OCH3 is 1. The van der Waals surface area contributed by atoms with E-state index in [1.807, 2.05) is 6.07 Å². The third-order valence-electron chi connectivity index (χ3n) is 1.85. The Morgan fingerprint density at radius 2 is 2.00 bits per heavy atom. The fourth-order valence-electron chi connectivity index (χ4n) is 1.03. The summed E-state index contributed by atoms with van der Waals surface area (Å²) in [6.45, 7) is 0. The SMILES string of the molecule is COC(=O)[C@@H](N)c1ccc(C#N)cc1.Cl. The zero-order valence-corrected chi connectivity index (χ0v) is 8.95. The Labute approximate surface area is 94.1 Å². The molecule has 4 nitrogen and oxygen atoms in total. The third kappa shape index (κ3) is 3.24. The molecule has 1 aromatic rings. The van der Waals surface area contributed by atoms with Crippen molar-refractivity contribution in [2.45, 2.75) is 6.04 Å². The average Bonchev–Trinajstić information content (AvgIpc) is 2.27. The van der Waals surface area contributed by atoms with Gasteiger partial charge >= 0.3 is 5.97 Å². The van der Waals surface area contributed by atoms with Crippen LogP contribution < -0.4 is 5.73 Å². The van der Waals surface area contributed by atoms with Crippen LogP contribution in [0.15, 0.2) is 24.3 Å². The first kappa shape index (κ1) is 13.4. The molecule has 0 aliphatic carbocycles. The van der Waals surface area contributed by atoms with Crippen LogP contribution in [0, 0.1) is 11.3 Å². The van der Waals surface area contributed by atoms with Gasteiger partial charge in [0.2, 0.25) is 0 Å². The van der Waals surface area contributed by atoms with E-state index in [1.54, 1.807) is 24.3 Å². The number of carbonyl (C=O) groups excluding carboxylic acids is 1. The highest BCUT2D eigenvalue weighted by atomic mass is 35.5. The van der Waals surface area contributed by atoms with Gasteiger partial charge in [-0.2, -0.15) is 5.26 Å². The highest BCUT2D eigenvalue weighted by Gasteiger charge is 2.15. The van der Waals surface area contributed by atoms with Crippen LogP contribution in [-0.4, -0.2) is 13.1 Å². The maximum Gasteiger partial charge on any atom is 0.327 e. The lowest BCUT2D eigenvalue weighted by atomic mass is 10.1. The average molecular weight is 227 g/mol. The van der Waals surface area contributed by atoms with Gasteiger partial charge in [-0.3, -0.25) is 4.79 Å². The molecule has 5 heteroatoms. The van der Waals surface area contributed by atoms with Gasteiger partial charge in [-0.05, 0) is 17.7 Å². The van der Waals surface area contributed by atoms with Gasteiger partial charge in [0.15, 0.2) is 0 Å². The summed E-state index contributed by atoms with van der Waals surface area (Å²) < 4.78 is 4.49. The summed E-state index contributed by atoms with van der Waals surface area (Å²) in [4.78, 5) is 11.1. The van der Waals surface area contributed by atoms with Gasteiger partial charge < -0.3 is 10.5 Å². The molecular formula is C10H11ClN2O2. The largest absolute Gasteiger partial charge is 0.468 e. The molecule has 0 heterocycles. The Balaban J connectivity index is 0.00000196. The number of nitrogens with two attached hydrogens (primary N) is 1. The van der Waals surface area contributed by atoms with Crippen molar-refractivity contribution in [2.24, 2.45) is 5.73 Å². The number of rotatable bonds is 2. The second-order valence-corrected chi connectivity index (χ2v) is 2.73. The van der Waals surface area contributed by atoms with Gasteiger partial charge in [0.1, 0.15) is 6.04 Å². The van der Waals surface area contributed by atoms with E-state index in [2.05, 4.69) is 4.74 Å². The van der Waals surface area contributed by atoms with Crippen LogP contribution in [0.5, 0.6) is 0 Å². The quantitative estimate of drug-likeness (QED) is 0.768. The Bertz CT molecular complexity index is 370. The van der Waals surface area contributed by atoms with Crippen molar-refractivity contribution in [1.29, 1.82) is 5.26 Å². The van der Waals surface area contributed by atoms with E-state index in [1.165, 1.54) is 7.11 Å². The molecule has 2 N–H and O–H groups in total. The van der Waals surface area contributed by atoms with E-state index < -0.39 is 12.0 Å². The van der Waals surface area contributed by atoms with Crippen molar-refractivity contribution in [2.75, 3.05) is 7.11 Å². The van der Waals surface area contributed by atoms with Crippen molar-refractivity contribution < 1.29 is 9.53 Å². The number of ether oxygens (including phenoxy) is 1. The maximum atomic E-state index is 11.1. The Morgan fingerprint density at radius 1 is 1.47 bits per heavy atom. The monoisotopic (exact) mass is 226 g/mol. The van der Waals surface area contributed by atoms with Crippen molar-refractivity contribution in [3.63, 3.8) is 0 Å². The molecule has 0 radical (unpaired) electrons. The lowest BCUT2D eigenvalue weighted by Crippen LogP contribution is -2.22. The predicted molar refractivity (Wildman–Crippen MR) is 57.3 cm³/mol. The molecule has 0 unspecified atom stereocenters. The molecule has 0 saturated heterocycles. The summed E-state index contributed by atoms with van der Waals surface area (Å²) in [7, 11) is 1.28. The number of hydrogen-bond donors (Lipinski definition) is 1. The molecule has 15 heavy (non-hydrogen) atoms. The Morgan fingerprint density at radius 3 is 2.40 bits per heavy atom. The van der Waals surface area contributed by atoms with Crippen LogP contribution in [0.3, 0.4) is 0 Å². The zero-order chi connectivity index (χ0) is 10.6. The fraction of sp³-hybridized carbons (Fsp3) is 0.200. The summed E-state index contributed by atoms with van der Waals surface area (Å²) in [5.41, 5.74) is 6.75. The van der Waals surface area contributed by atoms with Crippen molar-refractivity contribution in [3.05, 3.63) is 35.4 Å². The summed E-state index contributed by atoms with van der Waals surface area (Å²) in [6.07, 6.45) is 0. The highest BCUT2D eigenvalue weighted by Crippen LogP contribution is 2.12. The molecule has 1 atom stereocenters. The minimum Gasteiger partial charge on any atom is -0.468 e. The maximum absolute atomic E-state index is 11.1. The molecule has 0 fully saturated rings. The molecule has 0 aliphatic rings. The summed E-state index contributed by atoms with van der Waals surface area (Å²) >= 11 is 0. The normalized spacial score (nSPS) is 10.7. The lowest BCUT2D eigenvalue weighted by Gasteiger charge is -2.08. The Kier molecular flexibility index (Phi) is 5.39. The van der Waals surface area contributed by atoms with E-state index in [0.717, 1.165) is 0 Å². The van der Waals surface area contributed by atoms with E-state index in [9.17, 15) is 4.79 Å². The summed E-state index contributed by atoms with van der Waals surface area (Å²) in [5, 5.41) is 8.55. The predicted octanol–water partition coefficient (Wildman–Crippen LogP) is 1.15. The van der Waals surface area contributed by atoms with Gasteiger partial charge in [-0.1, -0.05) is 12.1 Å². The zero-order valence-electron chi connectivity index (χ0n) is 8.14. The summed E-state index contributed by atoms with van der Waals surface area (Å²) in [5.74, 6) is -0.491. The molecule has 0 amide bonds. The van der Waals surface area contributed by atoms with Crippen LogP contribution in [0.25, 0.3) is 0 Å². The van der Waals surface area contributed by atoms with Gasteiger partial charge in [0.05, 0.1) is 18.7 Å². The molecule has 0 spiro atoms. The third-order valence-corrected chi connectivity index (χ3v) is 1.85. The number of nitriles is 1.